The summed E-state index contributed by atoms with van der Waals surface area (Å²) in [5.74, 6) is -0.0764. The van der Waals surface area contributed by atoms with E-state index in [1.807, 2.05) is 38.6 Å². The fraction of sp³-hybridized carbons (Fsp3) is 0.517. The Kier molecular flexibility index (Phi) is 13.2. The molecule has 1 aliphatic carbocycles. The molecule has 1 unspecified atom stereocenters. The van der Waals surface area contributed by atoms with Crippen LogP contribution in [-0.4, -0.2) is 128 Å². The molecule has 5 aromatic rings. The van der Waals surface area contributed by atoms with E-state index in [0.717, 1.165) is 54.1 Å². The molecule has 1 atom stereocenters. The van der Waals surface area contributed by atoms with Crippen LogP contribution >= 0.6 is 0 Å². The van der Waals surface area contributed by atoms with E-state index in [9.17, 15) is 19.2 Å². The van der Waals surface area contributed by atoms with Crippen molar-refractivity contribution in [2.75, 3.05) is 62.2 Å². The number of hydrogen-bond donors (Lipinski definition) is 1. The Labute approximate surface area is 437 Å². The van der Waals surface area contributed by atoms with E-state index in [4.69, 9.17) is 14.7 Å². The zero-order valence-corrected chi connectivity index (χ0v) is 43.1. The molecule has 1 saturated carbocycles. The van der Waals surface area contributed by atoms with Crippen LogP contribution in [0.25, 0.3) is 22.3 Å². The molecule has 2 aromatic carbocycles. The number of nitrogens with zero attached hydrogens (tertiary/aromatic N) is 9. The third-order valence-electron chi connectivity index (χ3n) is 17.8. The summed E-state index contributed by atoms with van der Waals surface area (Å²) in [6, 6.07) is 18.9. The van der Waals surface area contributed by atoms with Crippen LogP contribution in [0.15, 0.2) is 73.2 Å². The molecule has 1 N–H and O–H groups in total. The number of benzene rings is 2. The number of ether oxygens (including phenoxy) is 1. The minimum absolute atomic E-state index is 0.0527. The monoisotopic (exact) mass is 1020 g/mol. The van der Waals surface area contributed by atoms with Gasteiger partial charge in [0.05, 0.1) is 28.9 Å². The molecule has 7 aliphatic rings. The van der Waals surface area contributed by atoms with Gasteiger partial charge < -0.3 is 33.8 Å². The van der Waals surface area contributed by atoms with Crippen molar-refractivity contribution >= 4 is 52.1 Å². The van der Waals surface area contributed by atoms with Gasteiger partial charge >= 0.3 is 0 Å². The van der Waals surface area contributed by atoms with Crippen LogP contribution in [-0.2, 0) is 29.4 Å². The van der Waals surface area contributed by atoms with E-state index in [-0.39, 0.29) is 71.0 Å². The molecule has 1 spiro atoms. The SMILES string of the molecule is CC(C)n1cnc2cc(-c3ccc4c(c3)N([C@H]3C[C@@H](N5CCCCC5)C3)C(=O)C43CCN(C(=O)C4CCN(C(=O)C5CCN(c6ccc(C7CCC(=O)NC7=O)cn6)CC5)CC4)CC3)nc(Oc3ccccc3F)c21. The minimum atomic E-state index is -0.756. The van der Waals surface area contributed by atoms with Gasteiger partial charge in [0.15, 0.2) is 11.6 Å². The molecular weight excluding hydrogens is 952 g/mol. The first-order valence-corrected chi connectivity index (χ1v) is 27.6. The molecule has 0 bridgehead atoms. The summed E-state index contributed by atoms with van der Waals surface area (Å²) in [6.45, 7) is 9.81. The van der Waals surface area contributed by atoms with E-state index >= 15 is 9.18 Å². The molecule has 75 heavy (non-hydrogen) atoms. The average Bonchev–Trinajstić information content (AvgIpc) is 3.96. The van der Waals surface area contributed by atoms with Crippen molar-refractivity contribution in [3.63, 3.8) is 0 Å². The first kappa shape index (κ1) is 49.1. The number of halogens is 1. The lowest BCUT2D eigenvalue weighted by molar-refractivity contribution is -0.144. The summed E-state index contributed by atoms with van der Waals surface area (Å²) in [7, 11) is 0. The molecule has 6 aliphatic heterocycles. The number of hydrogen-bond acceptors (Lipinski definition) is 11. The number of anilines is 2. The highest BCUT2D eigenvalue weighted by molar-refractivity contribution is 6.09. The first-order chi connectivity index (χ1) is 36.4. The Morgan fingerprint density at radius 3 is 2.16 bits per heavy atom. The van der Waals surface area contributed by atoms with Gasteiger partial charge in [-0.3, -0.25) is 29.3 Å². The largest absolute Gasteiger partial charge is 0.434 e. The number of imide groups is 1. The minimum Gasteiger partial charge on any atom is -0.434 e. The van der Waals surface area contributed by atoms with E-state index in [1.165, 1.54) is 25.3 Å². The van der Waals surface area contributed by atoms with Gasteiger partial charge in [-0.25, -0.2) is 19.3 Å². The first-order valence-electron chi connectivity index (χ1n) is 27.6. The van der Waals surface area contributed by atoms with Gasteiger partial charge in [0.25, 0.3) is 0 Å². The zero-order valence-electron chi connectivity index (χ0n) is 43.1. The Bertz CT molecular complexity index is 3020. The number of imidazole rings is 1. The summed E-state index contributed by atoms with van der Waals surface area (Å²) >= 11 is 0. The topological polar surface area (TPSA) is 166 Å². The van der Waals surface area contributed by atoms with Crippen LogP contribution in [0.3, 0.4) is 0 Å². The van der Waals surface area contributed by atoms with E-state index in [2.05, 4.69) is 51.0 Å². The van der Waals surface area contributed by atoms with Gasteiger partial charge in [0.2, 0.25) is 35.4 Å². The van der Waals surface area contributed by atoms with Crippen molar-refractivity contribution < 1.29 is 33.1 Å². The smallest absolute Gasteiger partial charge is 0.246 e. The molecule has 392 valence electrons. The van der Waals surface area contributed by atoms with Crippen LogP contribution in [0.1, 0.15) is 120 Å². The quantitative estimate of drug-likeness (QED) is 0.135. The second-order valence-electron chi connectivity index (χ2n) is 22.5. The molecule has 12 rings (SSSR count). The standard InChI is InChI=1S/C58H67FN10O6/c1-36(2)68-35-61-47-33-46(62-54(52(47)68)75-49-9-5-4-8-45(49)59)39-10-13-44-48(30-39)69(42-31-41(32-42)64-22-6-3-7-23-64)57(74)58(44)20-28-67(29-21-58)56(73)38-18-26-66(27-19-38)55(72)37-16-24-65(25-17-37)50-14-11-40(34-60-50)43-12-15-51(70)63-53(43)71/h4-5,8-11,13-14,30,33-38,41-43H,3,6-7,12,15-29,31-32H2,1-2H3,(H,63,70,71)/t41-,42+,43?. The normalized spacial score (nSPS) is 23.7. The highest BCUT2D eigenvalue weighted by Gasteiger charge is 2.56. The summed E-state index contributed by atoms with van der Waals surface area (Å²) in [6.07, 6.45) is 13.6. The lowest BCUT2D eigenvalue weighted by Gasteiger charge is -2.48. The van der Waals surface area contributed by atoms with Crippen LogP contribution in [0.2, 0.25) is 0 Å². The maximum atomic E-state index is 15.3. The second-order valence-corrected chi connectivity index (χ2v) is 22.5. The highest BCUT2D eigenvalue weighted by atomic mass is 19.1. The fourth-order valence-corrected chi connectivity index (χ4v) is 13.3. The van der Waals surface area contributed by atoms with Crippen molar-refractivity contribution in [2.24, 2.45) is 11.8 Å². The Morgan fingerprint density at radius 2 is 1.48 bits per heavy atom. The van der Waals surface area contributed by atoms with Crippen molar-refractivity contribution in [2.45, 2.75) is 127 Å². The van der Waals surface area contributed by atoms with Gasteiger partial charge in [-0.05, 0) is 139 Å². The predicted octanol–water partition coefficient (Wildman–Crippen LogP) is 7.90. The summed E-state index contributed by atoms with van der Waals surface area (Å²) < 4.78 is 23.3. The maximum absolute atomic E-state index is 15.3. The number of amides is 5. The zero-order chi connectivity index (χ0) is 51.5. The maximum Gasteiger partial charge on any atom is 0.246 e. The lowest BCUT2D eigenvalue weighted by atomic mass is 9.73. The van der Waals surface area contributed by atoms with Crippen molar-refractivity contribution in [3.8, 4) is 22.9 Å². The number of nitrogens with one attached hydrogen (secondary N) is 1. The predicted molar refractivity (Wildman–Crippen MR) is 281 cm³/mol. The van der Waals surface area contributed by atoms with E-state index < -0.39 is 11.2 Å². The van der Waals surface area contributed by atoms with Crippen LogP contribution in [0.4, 0.5) is 15.9 Å². The van der Waals surface area contributed by atoms with Crippen molar-refractivity contribution in [1.29, 1.82) is 0 Å². The molecular formula is C58H67FN10O6. The van der Waals surface area contributed by atoms with Gasteiger partial charge in [-0.15, -0.1) is 0 Å². The highest BCUT2D eigenvalue weighted by Crippen LogP contribution is 2.52. The lowest BCUT2D eigenvalue weighted by Crippen LogP contribution is -2.58. The van der Waals surface area contributed by atoms with Gasteiger partial charge in [-0.1, -0.05) is 36.8 Å². The third kappa shape index (κ3) is 9.11. The molecule has 3 aromatic heterocycles. The van der Waals surface area contributed by atoms with Crippen molar-refractivity contribution in [1.82, 2.24) is 39.5 Å². The molecule has 5 amide bonds. The number of rotatable bonds is 10. The number of carbonyl (C=O) groups is 5. The summed E-state index contributed by atoms with van der Waals surface area (Å²) in [4.78, 5) is 92.7. The van der Waals surface area contributed by atoms with E-state index in [1.54, 1.807) is 30.7 Å². The molecule has 16 nitrogen and oxygen atoms in total. The third-order valence-corrected chi connectivity index (χ3v) is 17.8. The number of carbonyl (C=O) groups excluding carboxylic acids is 5. The number of aromatic nitrogens is 4. The second kappa shape index (κ2) is 20.1. The Morgan fingerprint density at radius 1 is 0.773 bits per heavy atom. The molecule has 6 fully saturated rings. The number of fused-ring (bicyclic) bond motifs is 3. The fourth-order valence-electron chi connectivity index (χ4n) is 13.3. The van der Waals surface area contributed by atoms with Gasteiger partial charge in [-0.2, -0.15) is 0 Å². The van der Waals surface area contributed by atoms with Crippen LogP contribution in [0, 0.1) is 17.7 Å². The molecule has 5 saturated heterocycles. The van der Waals surface area contributed by atoms with Gasteiger partial charge in [0, 0.05) is 93.1 Å². The van der Waals surface area contributed by atoms with Crippen molar-refractivity contribution in [3.05, 3.63) is 90.1 Å². The number of likely N-dealkylation sites (tertiary alicyclic amines) is 3. The molecule has 9 heterocycles. The Balaban J connectivity index is 0.712. The average molecular weight is 1020 g/mol. The number of pyridine rings is 2. The summed E-state index contributed by atoms with van der Waals surface area (Å²) in [5, 5.41) is 2.42. The van der Waals surface area contributed by atoms with Crippen LogP contribution in [0.5, 0.6) is 11.6 Å². The number of para-hydroxylation sites is 1. The molecule has 17 heteroatoms. The van der Waals surface area contributed by atoms with Gasteiger partial charge in [0.1, 0.15) is 11.3 Å². The Hall–Kier alpha value is -6.75. The summed E-state index contributed by atoms with van der Waals surface area (Å²) in [5.41, 5.74) is 4.73. The van der Waals surface area contributed by atoms with E-state index in [0.29, 0.717) is 113 Å². The number of piperidine rings is 5. The molecule has 0 radical (unpaired) electrons. The van der Waals surface area contributed by atoms with Crippen LogP contribution < -0.4 is 19.9 Å².